The molecular weight excluding hydrogens is 392 g/mol. The maximum absolute atomic E-state index is 12.7. The lowest BCUT2D eigenvalue weighted by atomic mass is 10.1. The summed E-state index contributed by atoms with van der Waals surface area (Å²) in [6, 6.07) is 17.0. The van der Waals surface area contributed by atoms with E-state index in [9.17, 15) is 4.79 Å². The van der Waals surface area contributed by atoms with Crippen LogP contribution in [0.25, 0.3) is 16.7 Å². The minimum absolute atomic E-state index is 0.138. The Balaban J connectivity index is 1.65. The van der Waals surface area contributed by atoms with Gasteiger partial charge in [0.25, 0.3) is 0 Å². The molecule has 0 fully saturated rings. The molecule has 0 atom stereocenters. The van der Waals surface area contributed by atoms with Gasteiger partial charge in [-0.05, 0) is 49.2 Å². The molecule has 0 unspecified atom stereocenters. The summed E-state index contributed by atoms with van der Waals surface area (Å²) >= 11 is 0. The van der Waals surface area contributed by atoms with E-state index in [1.54, 1.807) is 18.9 Å². The van der Waals surface area contributed by atoms with Crippen LogP contribution in [0.1, 0.15) is 16.8 Å². The average molecular weight is 416 g/mol. The van der Waals surface area contributed by atoms with E-state index in [-0.39, 0.29) is 12.3 Å². The van der Waals surface area contributed by atoms with Crippen LogP contribution in [0.15, 0.2) is 54.6 Å². The average Bonchev–Trinajstić information content (AvgIpc) is 3.13. The maximum atomic E-state index is 12.7. The summed E-state index contributed by atoms with van der Waals surface area (Å²) in [6.07, 6.45) is 0.242. The van der Waals surface area contributed by atoms with E-state index in [1.807, 2.05) is 68.4 Å². The Morgan fingerprint density at radius 3 is 2.52 bits per heavy atom. The number of carbonyl (C=O) groups excluding carboxylic acids is 1. The van der Waals surface area contributed by atoms with Gasteiger partial charge in [0.2, 0.25) is 5.91 Å². The topological polar surface area (TPSA) is 78.3 Å². The van der Waals surface area contributed by atoms with Crippen molar-refractivity contribution in [2.75, 3.05) is 19.5 Å². The molecule has 0 aliphatic heterocycles. The first kappa shape index (κ1) is 20.4. The highest BCUT2D eigenvalue weighted by molar-refractivity contribution is 5.92. The zero-order valence-electron chi connectivity index (χ0n) is 18.0. The first-order chi connectivity index (χ1) is 15.0. The fraction of sp³-hybridized carbons (Fsp3) is 0.208. The van der Waals surface area contributed by atoms with Crippen LogP contribution in [0, 0.1) is 13.8 Å². The summed E-state index contributed by atoms with van der Waals surface area (Å²) in [5.74, 6) is 2.49. The van der Waals surface area contributed by atoms with E-state index >= 15 is 0 Å². The fourth-order valence-electron chi connectivity index (χ4n) is 3.53. The molecule has 1 N–H and O–H groups in total. The summed E-state index contributed by atoms with van der Waals surface area (Å²) in [5.41, 5.74) is 3.47. The Bertz CT molecular complexity index is 1250. The number of para-hydroxylation sites is 1. The van der Waals surface area contributed by atoms with Gasteiger partial charge >= 0.3 is 0 Å². The number of nitrogens with zero attached hydrogens (tertiary/aromatic N) is 3. The number of hydrogen-bond donors (Lipinski definition) is 1. The zero-order chi connectivity index (χ0) is 22.0. The molecule has 7 heteroatoms. The third-order valence-corrected chi connectivity index (χ3v) is 5.06. The monoisotopic (exact) mass is 416 g/mol. The molecule has 4 rings (SSSR count). The normalized spacial score (nSPS) is 10.8. The van der Waals surface area contributed by atoms with Crippen LogP contribution in [0.5, 0.6) is 11.5 Å². The number of aryl methyl sites for hydroxylation is 2. The first-order valence-corrected chi connectivity index (χ1v) is 9.92. The van der Waals surface area contributed by atoms with Crippen molar-refractivity contribution in [3.8, 4) is 17.3 Å². The largest absolute Gasteiger partial charge is 0.497 e. The molecule has 2 heterocycles. The van der Waals surface area contributed by atoms with Crippen molar-refractivity contribution in [2.45, 2.75) is 20.3 Å². The second kappa shape index (κ2) is 8.47. The molecule has 0 saturated heterocycles. The minimum atomic E-state index is -0.138. The molecule has 0 aliphatic carbocycles. The highest BCUT2D eigenvalue weighted by Crippen LogP contribution is 2.28. The van der Waals surface area contributed by atoms with Gasteiger partial charge in [0.1, 0.15) is 22.8 Å². The number of amides is 1. The molecule has 158 valence electrons. The minimum Gasteiger partial charge on any atom is -0.497 e. The van der Waals surface area contributed by atoms with Crippen molar-refractivity contribution >= 4 is 22.6 Å². The summed E-state index contributed by atoms with van der Waals surface area (Å²) in [6.45, 7) is 3.90. The van der Waals surface area contributed by atoms with Crippen LogP contribution in [0.2, 0.25) is 0 Å². The standard InChI is InChI=1S/C24H24N4O3/c1-15-12-21(26-24-19(15)6-5-7-20(24)31-4)28-22(13-16(2)27-28)25-23(29)14-17-8-10-18(30-3)11-9-17/h5-13H,14H2,1-4H3,(H,25,29). The summed E-state index contributed by atoms with van der Waals surface area (Å²) < 4.78 is 12.3. The van der Waals surface area contributed by atoms with Gasteiger partial charge in [-0.2, -0.15) is 9.78 Å². The Morgan fingerprint density at radius 1 is 1.03 bits per heavy atom. The van der Waals surface area contributed by atoms with Gasteiger partial charge < -0.3 is 14.8 Å². The Labute approximate surface area is 180 Å². The van der Waals surface area contributed by atoms with Crippen LogP contribution >= 0.6 is 0 Å². The van der Waals surface area contributed by atoms with Gasteiger partial charge in [0.05, 0.1) is 26.3 Å². The Hall–Kier alpha value is -3.87. The van der Waals surface area contributed by atoms with Gasteiger partial charge in [-0.15, -0.1) is 0 Å². The van der Waals surface area contributed by atoms with E-state index in [1.165, 1.54) is 0 Å². The number of carbonyl (C=O) groups is 1. The van der Waals surface area contributed by atoms with Crippen LogP contribution in [0.4, 0.5) is 5.82 Å². The van der Waals surface area contributed by atoms with Crippen LogP contribution in [-0.2, 0) is 11.2 Å². The number of hydrogen-bond acceptors (Lipinski definition) is 5. The van der Waals surface area contributed by atoms with Crippen molar-refractivity contribution in [3.05, 3.63) is 71.4 Å². The molecule has 0 bridgehead atoms. The maximum Gasteiger partial charge on any atom is 0.229 e. The molecule has 2 aromatic carbocycles. The predicted octanol–water partition coefficient (Wildman–Crippen LogP) is 4.24. The molecule has 31 heavy (non-hydrogen) atoms. The van der Waals surface area contributed by atoms with Gasteiger partial charge in [-0.3, -0.25) is 4.79 Å². The first-order valence-electron chi connectivity index (χ1n) is 9.92. The summed E-state index contributed by atoms with van der Waals surface area (Å²) in [5, 5.41) is 8.52. The molecule has 0 radical (unpaired) electrons. The van der Waals surface area contributed by atoms with Crippen molar-refractivity contribution in [1.29, 1.82) is 0 Å². The highest BCUT2D eigenvalue weighted by atomic mass is 16.5. The summed E-state index contributed by atoms with van der Waals surface area (Å²) in [7, 11) is 3.24. The van der Waals surface area contributed by atoms with Gasteiger partial charge in [-0.25, -0.2) is 4.98 Å². The van der Waals surface area contributed by atoms with Gasteiger partial charge in [0, 0.05) is 11.5 Å². The van der Waals surface area contributed by atoms with E-state index in [4.69, 9.17) is 14.5 Å². The number of ether oxygens (including phenoxy) is 2. The van der Waals surface area contributed by atoms with Crippen molar-refractivity contribution < 1.29 is 14.3 Å². The number of anilines is 1. The lowest BCUT2D eigenvalue weighted by molar-refractivity contribution is -0.115. The second-order valence-electron chi connectivity index (χ2n) is 7.31. The number of fused-ring (bicyclic) bond motifs is 1. The van der Waals surface area contributed by atoms with Crippen LogP contribution in [0.3, 0.4) is 0 Å². The van der Waals surface area contributed by atoms with Crippen molar-refractivity contribution in [2.24, 2.45) is 0 Å². The number of pyridine rings is 1. The smallest absolute Gasteiger partial charge is 0.229 e. The lowest BCUT2D eigenvalue weighted by Gasteiger charge is -2.12. The number of aromatic nitrogens is 3. The Kier molecular flexibility index (Phi) is 5.58. The quantitative estimate of drug-likeness (QED) is 0.509. The van der Waals surface area contributed by atoms with Gasteiger partial charge in [0.15, 0.2) is 5.82 Å². The fourth-order valence-corrected chi connectivity index (χ4v) is 3.53. The molecule has 0 saturated carbocycles. The second-order valence-corrected chi connectivity index (χ2v) is 7.31. The molecule has 4 aromatic rings. The third kappa shape index (κ3) is 4.21. The molecule has 7 nitrogen and oxygen atoms in total. The molecule has 2 aromatic heterocycles. The molecule has 0 aliphatic rings. The van der Waals surface area contributed by atoms with E-state index in [0.717, 1.165) is 33.5 Å². The SMILES string of the molecule is COc1ccc(CC(=O)Nc2cc(C)nn2-c2cc(C)c3cccc(OC)c3n2)cc1. The summed E-state index contributed by atoms with van der Waals surface area (Å²) in [4.78, 5) is 17.5. The molecule has 0 spiro atoms. The number of benzene rings is 2. The van der Waals surface area contributed by atoms with E-state index in [0.29, 0.717) is 17.4 Å². The predicted molar refractivity (Wildman–Crippen MR) is 120 cm³/mol. The van der Waals surface area contributed by atoms with E-state index in [2.05, 4.69) is 10.4 Å². The number of nitrogens with one attached hydrogen (secondary N) is 1. The number of methoxy groups -OCH3 is 2. The number of rotatable bonds is 6. The highest BCUT2D eigenvalue weighted by Gasteiger charge is 2.15. The van der Waals surface area contributed by atoms with Crippen LogP contribution < -0.4 is 14.8 Å². The third-order valence-electron chi connectivity index (χ3n) is 5.06. The van der Waals surface area contributed by atoms with Gasteiger partial charge in [-0.1, -0.05) is 24.3 Å². The molecular formula is C24H24N4O3. The molecule has 1 amide bonds. The zero-order valence-corrected chi connectivity index (χ0v) is 18.0. The van der Waals surface area contributed by atoms with Crippen molar-refractivity contribution in [3.63, 3.8) is 0 Å². The van der Waals surface area contributed by atoms with Crippen molar-refractivity contribution in [1.82, 2.24) is 14.8 Å². The van der Waals surface area contributed by atoms with E-state index < -0.39 is 0 Å². The van der Waals surface area contributed by atoms with Crippen LogP contribution in [-0.4, -0.2) is 34.9 Å². The Morgan fingerprint density at radius 2 is 1.81 bits per heavy atom. The lowest BCUT2D eigenvalue weighted by Crippen LogP contribution is -2.17.